The van der Waals surface area contributed by atoms with Gasteiger partial charge in [-0.15, -0.1) is 0 Å². The number of anilines is 3. The minimum Gasteiger partial charge on any atom is -0.495 e. The molecule has 0 aromatic heterocycles. The number of rotatable bonds is 12. The molecule has 4 rings (SSSR count). The van der Waals surface area contributed by atoms with Gasteiger partial charge in [-0.2, -0.15) is 0 Å². The molecule has 0 aliphatic carbocycles. The van der Waals surface area contributed by atoms with Crippen molar-refractivity contribution in [1.29, 1.82) is 0 Å². The number of carbonyl (C=O) groups excluding carboxylic acids is 2. The minimum atomic E-state index is -0.137. The molecule has 2 unspecified atom stereocenters. The third-order valence-corrected chi connectivity index (χ3v) is 7.84. The van der Waals surface area contributed by atoms with Crippen LogP contribution < -0.4 is 25.2 Å². The predicted molar refractivity (Wildman–Crippen MR) is 157 cm³/mol. The topological polar surface area (TPSA) is 83.1 Å². The number of para-hydroxylation sites is 2. The van der Waals surface area contributed by atoms with E-state index in [1.54, 1.807) is 7.11 Å². The highest BCUT2D eigenvalue weighted by molar-refractivity contribution is 6.02. The normalized spacial score (nSPS) is 18.1. The van der Waals surface area contributed by atoms with E-state index < -0.39 is 0 Å². The number of amides is 2. The van der Waals surface area contributed by atoms with Gasteiger partial charge in [0.1, 0.15) is 5.75 Å². The summed E-state index contributed by atoms with van der Waals surface area (Å²) in [5.74, 6) is 0.727. The molecule has 2 aromatic carbocycles. The molecule has 2 aliphatic heterocycles. The third kappa shape index (κ3) is 7.44. The Bertz CT molecular complexity index is 1090. The quantitative estimate of drug-likeness (QED) is 0.393. The molecule has 0 bridgehead atoms. The first-order chi connectivity index (χ1) is 19.0. The Hall–Kier alpha value is -3.26. The number of methoxy groups -OCH3 is 1. The summed E-state index contributed by atoms with van der Waals surface area (Å²) >= 11 is 0. The molecule has 2 N–H and O–H groups in total. The van der Waals surface area contributed by atoms with Crippen LogP contribution in [-0.2, 0) is 9.53 Å². The Morgan fingerprint density at radius 1 is 1.05 bits per heavy atom. The van der Waals surface area contributed by atoms with Crippen LogP contribution in [0.3, 0.4) is 0 Å². The molecule has 0 spiro atoms. The lowest BCUT2D eigenvalue weighted by Gasteiger charge is -2.38. The van der Waals surface area contributed by atoms with Crippen LogP contribution in [-0.4, -0.2) is 64.4 Å². The smallest absolute Gasteiger partial charge is 0.253 e. The maximum Gasteiger partial charge on any atom is 0.253 e. The average molecular weight is 537 g/mol. The van der Waals surface area contributed by atoms with Crippen LogP contribution in [0.5, 0.6) is 5.75 Å². The summed E-state index contributed by atoms with van der Waals surface area (Å²) in [7, 11) is 1.70. The molecule has 0 radical (unpaired) electrons. The number of benzene rings is 2. The fourth-order valence-electron chi connectivity index (χ4n) is 5.47. The zero-order chi connectivity index (χ0) is 27.6. The number of unbranched alkanes of at least 4 members (excludes halogenated alkanes) is 1. The largest absolute Gasteiger partial charge is 0.495 e. The van der Waals surface area contributed by atoms with Crippen molar-refractivity contribution in [1.82, 2.24) is 5.32 Å². The highest BCUT2D eigenvalue weighted by atomic mass is 16.5. The van der Waals surface area contributed by atoms with Crippen LogP contribution in [0.25, 0.3) is 0 Å². The molecule has 8 nitrogen and oxygen atoms in total. The van der Waals surface area contributed by atoms with Crippen molar-refractivity contribution in [2.75, 3.05) is 61.6 Å². The van der Waals surface area contributed by atoms with Gasteiger partial charge in [0.2, 0.25) is 5.91 Å². The summed E-state index contributed by atoms with van der Waals surface area (Å²) in [5, 5.41) is 6.16. The fraction of sp³-hybridized carbons (Fsp3) is 0.548. The summed E-state index contributed by atoms with van der Waals surface area (Å²) in [6.07, 6.45) is 5.83. The average Bonchev–Trinajstić information content (AvgIpc) is 3.50. The molecule has 212 valence electrons. The molecule has 2 atom stereocenters. The Balaban J connectivity index is 1.50. The lowest BCUT2D eigenvalue weighted by atomic mass is 9.98. The maximum atomic E-state index is 13.5. The molecule has 2 aromatic rings. The van der Waals surface area contributed by atoms with Crippen molar-refractivity contribution in [2.24, 2.45) is 5.92 Å². The summed E-state index contributed by atoms with van der Waals surface area (Å²) in [6, 6.07) is 13.8. The molecule has 2 saturated heterocycles. The van der Waals surface area contributed by atoms with E-state index in [4.69, 9.17) is 9.47 Å². The highest BCUT2D eigenvalue weighted by Gasteiger charge is 2.25. The molecule has 8 heteroatoms. The van der Waals surface area contributed by atoms with Crippen LogP contribution in [0, 0.1) is 5.92 Å². The van der Waals surface area contributed by atoms with E-state index in [0.29, 0.717) is 17.8 Å². The van der Waals surface area contributed by atoms with Crippen molar-refractivity contribution in [3.63, 3.8) is 0 Å². The van der Waals surface area contributed by atoms with E-state index in [0.717, 1.165) is 88.4 Å². The number of ether oxygens (including phenoxy) is 2. The summed E-state index contributed by atoms with van der Waals surface area (Å²) < 4.78 is 11.3. The second-order valence-corrected chi connectivity index (χ2v) is 10.5. The first-order valence-corrected chi connectivity index (χ1v) is 14.5. The molecule has 0 saturated carbocycles. The monoisotopic (exact) mass is 536 g/mol. The Morgan fingerprint density at radius 3 is 2.46 bits per heavy atom. The van der Waals surface area contributed by atoms with Gasteiger partial charge >= 0.3 is 0 Å². The van der Waals surface area contributed by atoms with Crippen LogP contribution in [0.2, 0.25) is 0 Å². The van der Waals surface area contributed by atoms with Gasteiger partial charge in [0.25, 0.3) is 5.91 Å². The van der Waals surface area contributed by atoms with Crippen LogP contribution in [0.1, 0.15) is 62.7 Å². The van der Waals surface area contributed by atoms with Gasteiger partial charge < -0.3 is 29.9 Å². The van der Waals surface area contributed by atoms with Crippen molar-refractivity contribution < 1.29 is 19.1 Å². The summed E-state index contributed by atoms with van der Waals surface area (Å²) in [4.78, 5) is 31.0. The first kappa shape index (κ1) is 28.7. The van der Waals surface area contributed by atoms with E-state index in [2.05, 4.69) is 40.3 Å². The zero-order valence-electron chi connectivity index (χ0n) is 23.7. The first-order valence-electron chi connectivity index (χ1n) is 14.5. The lowest BCUT2D eigenvalue weighted by Crippen LogP contribution is -2.47. The van der Waals surface area contributed by atoms with E-state index in [1.165, 1.54) is 0 Å². The van der Waals surface area contributed by atoms with Crippen molar-refractivity contribution >= 4 is 28.9 Å². The number of piperazine rings is 1. The molecular formula is C31H44N4O4. The van der Waals surface area contributed by atoms with Crippen LogP contribution >= 0.6 is 0 Å². The Kier molecular flexibility index (Phi) is 10.5. The molecule has 2 heterocycles. The summed E-state index contributed by atoms with van der Waals surface area (Å²) in [6.45, 7) is 8.59. The number of nitrogens with one attached hydrogen (secondary N) is 2. The number of hydrogen-bond acceptors (Lipinski definition) is 6. The molecular weight excluding hydrogens is 492 g/mol. The van der Waals surface area contributed by atoms with Gasteiger partial charge in [0.15, 0.2) is 0 Å². The number of carbonyl (C=O) groups is 2. The second kappa shape index (κ2) is 14.2. The maximum absolute atomic E-state index is 13.5. The van der Waals surface area contributed by atoms with Gasteiger partial charge in [-0.05, 0) is 56.0 Å². The SMILES string of the molecule is CCCCC(CC)C(=O)Nc1ccc(N2CCN(c3ccccc3OC)CC2)c(C(=O)NCC2CCCO2)c1. The van der Waals surface area contributed by atoms with Gasteiger partial charge in [0, 0.05) is 56.6 Å². The van der Waals surface area contributed by atoms with Crippen molar-refractivity contribution in [2.45, 2.75) is 58.5 Å². The van der Waals surface area contributed by atoms with Gasteiger partial charge in [-0.3, -0.25) is 9.59 Å². The Labute approximate surface area is 233 Å². The summed E-state index contributed by atoms with van der Waals surface area (Å²) in [5.41, 5.74) is 3.21. The zero-order valence-corrected chi connectivity index (χ0v) is 23.7. The van der Waals surface area contributed by atoms with Crippen LogP contribution in [0.15, 0.2) is 42.5 Å². The lowest BCUT2D eigenvalue weighted by molar-refractivity contribution is -0.120. The fourth-order valence-corrected chi connectivity index (χ4v) is 5.47. The molecule has 2 fully saturated rings. The second-order valence-electron chi connectivity index (χ2n) is 10.5. The van der Waals surface area contributed by atoms with E-state index >= 15 is 0 Å². The van der Waals surface area contributed by atoms with E-state index in [9.17, 15) is 9.59 Å². The third-order valence-electron chi connectivity index (χ3n) is 7.84. The van der Waals surface area contributed by atoms with Gasteiger partial charge in [-0.1, -0.05) is 38.8 Å². The van der Waals surface area contributed by atoms with E-state index in [1.807, 2.05) is 36.4 Å². The number of hydrogen-bond donors (Lipinski definition) is 2. The van der Waals surface area contributed by atoms with Crippen LogP contribution in [0.4, 0.5) is 17.1 Å². The van der Waals surface area contributed by atoms with Crippen molar-refractivity contribution in [3.8, 4) is 5.75 Å². The molecule has 39 heavy (non-hydrogen) atoms. The number of nitrogens with zero attached hydrogens (tertiary/aromatic N) is 2. The molecule has 2 aliphatic rings. The predicted octanol–water partition coefficient (Wildman–Crippen LogP) is 5.09. The standard InChI is InChI=1S/C31H44N4O4/c1-4-6-10-23(5-2)30(36)33-24-14-15-27(26(21-24)31(37)32-22-25-11-9-20-39-25)34-16-18-35(19-17-34)28-12-7-8-13-29(28)38-3/h7-8,12-15,21,23,25H,4-6,9-11,16-20,22H2,1-3H3,(H,32,37)(H,33,36). The van der Waals surface area contributed by atoms with E-state index in [-0.39, 0.29) is 23.8 Å². The molecule has 2 amide bonds. The minimum absolute atomic E-state index is 0.0230. The Morgan fingerprint density at radius 2 is 1.79 bits per heavy atom. The van der Waals surface area contributed by atoms with Gasteiger partial charge in [0.05, 0.1) is 24.5 Å². The van der Waals surface area contributed by atoms with Crippen molar-refractivity contribution in [3.05, 3.63) is 48.0 Å². The van der Waals surface area contributed by atoms with Gasteiger partial charge in [-0.25, -0.2) is 0 Å². The highest BCUT2D eigenvalue weighted by Crippen LogP contribution is 2.31.